The van der Waals surface area contributed by atoms with Gasteiger partial charge >= 0.3 is 6.03 Å². The molecule has 1 fully saturated rings. The lowest BCUT2D eigenvalue weighted by Gasteiger charge is -2.33. The Bertz CT molecular complexity index is 903. The van der Waals surface area contributed by atoms with Gasteiger partial charge in [0, 0.05) is 19.3 Å². The van der Waals surface area contributed by atoms with E-state index in [4.69, 9.17) is 9.47 Å². The quantitative estimate of drug-likeness (QED) is 0.863. The fraction of sp³-hybridized carbons (Fsp3) is 0.300. The van der Waals surface area contributed by atoms with Gasteiger partial charge in [-0.15, -0.1) is 0 Å². The summed E-state index contributed by atoms with van der Waals surface area (Å²) in [4.78, 5) is 27.7. The van der Waals surface area contributed by atoms with Gasteiger partial charge in [0.1, 0.15) is 17.7 Å². The first-order chi connectivity index (χ1) is 13.5. The minimum atomic E-state index is -0.311. The molecule has 146 valence electrons. The van der Waals surface area contributed by atoms with E-state index in [9.17, 15) is 14.0 Å². The molecule has 7 nitrogen and oxygen atoms in total. The number of amides is 3. The molecule has 0 bridgehead atoms. The summed E-state index contributed by atoms with van der Waals surface area (Å²) < 4.78 is 24.3. The lowest BCUT2D eigenvalue weighted by Crippen LogP contribution is -2.44. The van der Waals surface area contributed by atoms with Gasteiger partial charge < -0.3 is 24.6 Å². The summed E-state index contributed by atoms with van der Waals surface area (Å²) in [7, 11) is 1.67. The lowest BCUT2D eigenvalue weighted by atomic mass is 10.1. The number of nitrogens with zero attached hydrogens (tertiary/aromatic N) is 2. The Morgan fingerprint density at radius 1 is 1.21 bits per heavy atom. The second kappa shape index (κ2) is 7.47. The van der Waals surface area contributed by atoms with Gasteiger partial charge in [0.25, 0.3) is 5.91 Å². The normalized spacial score (nSPS) is 19.1. The van der Waals surface area contributed by atoms with Crippen LogP contribution in [0.25, 0.3) is 0 Å². The van der Waals surface area contributed by atoms with Gasteiger partial charge in [0.2, 0.25) is 0 Å². The SMILES string of the molecule is CN1C(=O)COc2ccc(NC(=O)N3CCOC(c4ccc(F)cc4)C3)cc21. The zero-order valence-corrected chi connectivity index (χ0v) is 15.4. The Morgan fingerprint density at radius 3 is 2.79 bits per heavy atom. The molecular weight excluding hydrogens is 365 g/mol. The maximum Gasteiger partial charge on any atom is 0.322 e. The molecule has 0 saturated carbocycles. The number of benzene rings is 2. The van der Waals surface area contributed by atoms with Crippen molar-refractivity contribution >= 4 is 23.3 Å². The molecule has 0 radical (unpaired) electrons. The number of urea groups is 1. The largest absolute Gasteiger partial charge is 0.482 e. The minimum Gasteiger partial charge on any atom is -0.482 e. The van der Waals surface area contributed by atoms with Crippen molar-refractivity contribution in [3.8, 4) is 5.75 Å². The summed E-state index contributed by atoms with van der Waals surface area (Å²) in [6.45, 7) is 1.22. The number of nitrogens with one attached hydrogen (secondary N) is 1. The fourth-order valence-corrected chi connectivity index (χ4v) is 3.27. The Labute approximate surface area is 161 Å². The van der Waals surface area contributed by atoms with Crippen molar-refractivity contribution in [1.82, 2.24) is 4.90 Å². The maximum absolute atomic E-state index is 13.1. The predicted molar refractivity (Wildman–Crippen MR) is 101 cm³/mol. The van der Waals surface area contributed by atoms with Gasteiger partial charge in [-0.2, -0.15) is 0 Å². The number of ether oxygens (including phenoxy) is 2. The van der Waals surface area contributed by atoms with Gasteiger partial charge in [-0.05, 0) is 35.9 Å². The number of halogens is 1. The molecule has 0 aromatic heterocycles. The fourth-order valence-electron chi connectivity index (χ4n) is 3.27. The maximum atomic E-state index is 13.1. The van der Waals surface area contributed by atoms with Crippen molar-refractivity contribution in [3.05, 3.63) is 53.8 Å². The molecule has 1 N–H and O–H groups in total. The second-order valence-corrected chi connectivity index (χ2v) is 6.71. The van der Waals surface area contributed by atoms with Gasteiger partial charge in [-0.3, -0.25) is 4.79 Å². The molecule has 2 aromatic carbocycles. The van der Waals surface area contributed by atoms with Crippen LogP contribution in [-0.2, 0) is 9.53 Å². The van der Waals surface area contributed by atoms with Crippen LogP contribution >= 0.6 is 0 Å². The number of morpholine rings is 1. The molecule has 2 heterocycles. The molecule has 8 heteroatoms. The van der Waals surface area contributed by atoms with Crippen LogP contribution in [0.15, 0.2) is 42.5 Å². The minimum absolute atomic E-state index is 0.00770. The number of likely N-dealkylation sites (N-methyl/N-ethyl adjacent to an activating group) is 1. The highest BCUT2D eigenvalue weighted by molar-refractivity contribution is 5.99. The Balaban J connectivity index is 1.45. The highest BCUT2D eigenvalue weighted by Crippen LogP contribution is 2.33. The highest BCUT2D eigenvalue weighted by atomic mass is 19.1. The molecule has 2 aromatic rings. The number of carbonyl (C=O) groups excluding carboxylic acids is 2. The molecule has 0 spiro atoms. The number of carbonyl (C=O) groups is 2. The van der Waals surface area contributed by atoms with E-state index >= 15 is 0 Å². The van der Waals surface area contributed by atoms with Gasteiger partial charge in [0.15, 0.2) is 6.61 Å². The van der Waals surface area contributed by atoms with E-state index in [0.717, 1.165) is 5.56 Å². The highest BCUT2D eigenvalue weighted by Gasteiger charge is 2.27. The Hall–Kier alpha value is -3.13. The molecule has 1 atom stereocenters. The number of anilines is 2. The third-order valence-electron chi connectivity index (χ3n) is 4.89. The average Bonchev–Trinajstić information content (AvgIpc) is 2.72. The number of hydrogen-bond donors (Lipinski definition) is 1. The van der Waals surface area contributed by atoms with Crippen LogP contribution in [0.2, 0.25) is 0 Å². The predicted octanol–water partition coefficient (Wildman–Crippen LogP) is 2.79. The van der Waals surface area contributed by atoms with Crippen LogP contribution < -0.4 is 15.0 Å². The van der Waals surface area contributed by atoms with Crippen molar-refractivity contribution in [1.29, 1.82) is 0 Å². The molecule has 1 unspecified atom stereocenters. The summed E-state index contributed by atoms with van der Waals surface area (Å²) in [6, 6.07) is 11.0. The van der Waals surface area contributed by atoms with Crippen LogP contribution in [-0.4, -0.2) is 50.2 Å². The van der Waals surface area contributed by atoms with Crippen LogP contribution in [0.4, 0.5) is 20.6 Å². The van der Waals surface area contributed by atoms with Crippen LogP contribution in [0.3, 0.4) is 0 Å². The summed E-state index contributed by atoms with van der Waals surface area (Å²) >= 11 is 0. The molecule has 4 rings (SSSR count). The summed E-state index contributed by atoms with van der Waals surface area (Å²) in [6.07, 6.45) is -0.305. The summed E-state index contributed by atoms with van der Waals surface area (Å²) in [5.74, 6) is 0.142. The molecule has 2 aliphatic heterocycles. The van der Waals surface area contributed by atoms with E-state index in [1.807, 2.05) is 0 Å². The number of fused-ring (bicyclic) bond motifs is 1. The summed E-state index contributed by atoms with van der Waals surface area (Å²) in [5, 5.41) is 2.86. The molecule has 2 aliphatic rings. The van der Waals surface area contributed by atoms with Gasteiger partial charge in [-0.25, -0.2) is 9.18 Å². The van der Waals surface area contributed by atoms with Crippen LogP contribution in [0.5, 0.6) is 5.75 Å². The molecule has 3 amide bonds. The smallest absolute Gasteiger partial charge is 0.322 e. The van der Waals surface area contributed by atoms with Crippen molar-refractivity contribution in [3.63, 3.8) is 0 Å². The first-order valence-electron chi connectivity index (χ1n) is 8.97. The second-order valence-electron chi connectivity index (χ2n) is 6.71. The third-order valence-corrected chi connectivity index (χ3v) is 4.89. The van der Waals surface area contributed by atoms with Crippen molar-refractivity contribution < 1.29 is 23.5 Å². The van der Waals surface area contributed by atoms with E-state index in [1.54, 1.807) is 42.3 Å². The third kappa shape index (κ3) is 3.63. The van der Waals surface area contributed by atoms with Crippen LogP contribution in [0.1, 0.15) is 11.7 Å². The number of rotatable bonds is 2. The van der Waals surface area contributed by atoms with E-state index in [1.165, 1.54) is 17.0 Å². The first-order valence-corrected chi connectivity index (χ1v) is 8.97. The Kier molecular flexibility index (Phi) is 4.87. The number of hydrogen-bond acceptors (Lipinski definition) is 4. The Morgan fingerprint density at radius 2 is 2.00 bits per heavy atom. The van der Waals surface area contributed by atoms with Crippen molar-refractivity contribution in [2.24, 2.45) is 0 Å². The van der Waals surface area contributed by atoms with E-state index < -0.39 is 0 Å². The molecule has 28 heavy (non-hydrogen) atoms. The van der Waals surface area contributed by atoms with E-state index in [2.05, 4.69) is 5.32 Å². The average molecular weight is 385 g/mol. The molecule has 1 saturated heterocycles. The monoisotopic (exact) mass is 385 g/mol. The standard InChI is InChI=1S/C20H20FN3O4/c1-23-16-10-15(6-7-17(16)28-12-19(23)25)22-20(26)24-8-9-27-18(11-24)13-2-4-14(21)5-3-13/h2-7,10,18H,8-9,11-12H2,1H3,(H,22,26). The lowest BCUT2D eigenvalue weighted by molar-refractivity contribution is -0.120. The van der Waals surface area contributed by atoms with Crippen molar-refractivity contribution in [2.45, 2.75) is 6.10 Å². The summed E-state index contributed by atoms with van der Waals surface area (Å²) in [5.41, 5.74) is 2.00. The molecule has 0 aliphatic carbocycles. The topological polar surface area (TPSA) is 71.1 Å². The van der Waals surface area contributed by atoms with E-state index in [0.29, 0.717) is 36.8 Å². The van der Waals surface area contributed by atoms with Crippen molar-refractivity contribution in [2.75, 3.05) is 43.6 Å². The van der Waals surface area contributed by atoms with E-state index in [-0.39, 0.29) is 30.5 Å². The zero-order valence-electron chi connectivity index (χ0n) is 15.4. The van der Waals surface area contributed by atoms with Gasteiger partial charge in [0.05, 0.1) is 18.8 Å². The molecular formula is C20H20FN3O4. The first kappa shape index (κ1) is 18.2. The van der Waals surface area contributed by atoms with Gasteiger partial charge in [-0.1, -0.05) is 12.1 Å². The zero-order chi connectivity index (χ0) is 19.7. The van der Waals surface area contributed by atoms with Crippen LogP contribution in [0, 0.1) is 5.82 Å².